The SMILES string of the molecule is Cc1ccc(-c2c(NS(=O)(=O)c3ccc(C)cc3)n(C(C)C)c3ccccc23)cc1. The molecule has 4 nitrogen and oxygen atoms in total. The van der Waals surface area contributed by atoms with E-state index >= 15 is 0 Å². The molecule has 154 valence electrons. The van der Waals surface area contributed by atoms with Gasteiger partial charge in [0.15, 0.2) is 0 Å². The van der Waals surface area contributed by atoms with E-state index in [1.165, 1.54) is 0 Å². The molecule has 0 aliphatic heterocycles. The Labute approximate surface area is 178 Å². The van der Waals surface area contributed by atoms with Gasteiger partial charge in [-0.15, -0.1) is 0 Å². The molecule has 0 saturated carbocycles. The number of nitrogens with zero attached hydrogens (tertiary/aromatic N) is 1. The van der Waals surface area contributed by atoms with Crippen molar-refractivity contribution in [3.8, 4) is 11.1 Å². The monoisotopic (exact) mass is 418 g/mol. The molecular weight excluding hydrogens is 392 g/mol. The van der Waals surface area contributed by atoms with Crippen molar-refractivity contribution in [1.82, 2.24) is 4.57 Å². The van der Waals surface area contributed by atoms with Crippen LogP contribution in [-0.2, 0) is 10.0 Å². The van der Waals surface area contributed by atoms with Gasteiger partial charge in [0.05, 0.1) is 10.4 Å². The fourth-order valence-corrected chi connectivity index (χ4v) is 4.88. The summed E-state index contributed by atoms with van der Waals surface area (Å²) in [6.45, 7) is 8.11. The molecule has 0 amide bonds. The van der Waals surface area contributed by atoms with Crippen LogP contribution in [0.3, 0.4) is 0 Å². The number of fused-ring (bicyclic) bond motifs is 1. The standard InChI is InChI=1S/C25H26N2O2S/c1-17(2)27-23-8-6-5-7-22(23)24(20-13-9-18(3)10-14-20)25(27)26-30(28,29)21-15-11-19(4)12-16-21/h5-17,26H,1-4H3. The molecule has 1 aromatic heterocycles. The normalized spacial score (nSPS) is 11.9. The summed E-state index contributed by atoms with van der Waals surface area (Å²) in [7, 11) is -3.74. The number of rotatable bonds is 5. The second-order valence-electron chi connectivity index (χ2n) is 7.99. The number of anilines is 1. The average Bonchev–Trinajstić information content (AvgIpc) is 3.02. The van der Waals surface area contributed by atoms with Gasteiger partial charge >= 0.3 is 0 Å². The lowest BCUT2D eigenvalue weighted by atomic mass is 10.0. The van der Waals surface area contributed by atoms with Crippen molar-refractivity contribution in [2.75, 3.05) is 4.72 Å². The summed E-state index contributed by atoms with van der Waals surface area (Å²) in [5, 5.41) is 1.02. The number of hydrogen-bond acceptors (Lipinski definition) is 2. The molecule has 1 N–H and O–H groups in total. The largest absolute Gasteiger partial charge is 0.324 e. The molecule has 0 unspecified atom stereocenters. The molecule has 0 aliphatic carbocycles. The van der Waals surface area contributed by atoms with Crippen molar-refractivity contribution in [2.45, 2.75) is 38.6 Å². The maximum Gasteiger partial charge on any atom is 0.263 e. The first-order chi connectivity index (χ1) is 14.3. The highest BCUT2D eigenvalue weighted by atomic mass is 32.2. The first-order valence-corrected chi connectivity index (χ1v) is 11.6. The third-order valence-electron chi connectivity index (χ3n) is 5.33. The van der Waals surface area contributed by atoms with Gasteiger partial charge in [-0.05, 0) is 51.5 Å². The lowest BCUT2D eigenvalue weighted by Crippen LogP contribution is -2.17. The molecule has 0 atom stereocenters. The summed E-state index contributed by atoms with van der Waals surface area (Å²) in [4.78, 5) is 0.253. The Morgan fingerprint density at radius 2 is 1.37 bits per heavy atom. The van der Waals surface area contributed by atoms with E-state index in [0.29, 0.717) is 5.82 Å². The van der Waals surface area contributed by atoms with Gasteiger partial charge in [-0.2, -0.15) is 0 Å². The summed E-state index contributed by atoms with van der Waals surface area (Å²) in [6, 6.07) is 23.2. The second-order valence-corrected chi connectivity index (χ2v) is 9.67. The van der Waals surface area contributed by atoms with Crippen LogP contribution in [0.1, 0.15) is 31.0 Å². The van der Waals surface area contributed by atoms with Gasteiger partial charge in [0.25, 0.3) is 10.0 Å². The summed E-state index contributed by atoms with van der Waals surface area (Å²) < 4.78 is 31.5. The van der Waals surface area contributed by atoms with Crippen LogP contribution >= 0.6 is 0 Å². The van der Waals surface area contributed by atoms with E-state index in [-0.39, 0.29) is 10.9 Å². The highest BCUT2D eigenvalue weighted by Gasteiger charge is 2.24. The predicted octanol–water partition coefficient (Wildman–Crippen LogP) is 6.31. The number of para-hydroxylation sites is 1. The molecule has 30 heavy (non-hydrogen) atoms. The first-order valence-electron chi connectivity index (χ1n) is 10.1. The van der Waals surface area contributed by atoms with Crippen molar-refractivity contribution < 1.29 is 8.42 Å². The Kier molecular flexibility index (Phi) is 5.16. The van der Waals surface area contributed by atoms with Gasteiger partial charge in [-0.25, -0.2) is 8.42 Å². The second kappa shape index (κ2) is 7.65. The molecule has 0 fully saturated rings. The summed E-state index contributed by atoms with van der Waals surface area (Å²) in [5.41, 5.74) is 5.07. The van der Waals surface area contributed by atoms with Gasteiger partial charge in [-0.3, -0.25) is 4.72 Å². The first kappa shape index (κ1) is 20.2. The quantitative estimate of drug-likeness (QED) is 0.413. The van der Waals surface area contributed by atoms with E-state index in [0.717, 1.165) is 33.2 Å². The molecule has 0 radical (unpaired) electrons. The summed E-state index contributed by atoms with van der Waals surface area (Å²) in [6.07, 6.45) is 0. The number of hydrogen-bond donors (Lipinski definition) is 1. The van der Waals surface area contributed by atoms with E-state index < -0.39 is 10.0 Å². The van der Waals surface area contributed by atoms with Crippen LogP contribution in [0.25, 0.3) is 22.0 Å². The molecule has 4 rings (SSSR count). The van der Waals surface area contributed by atoms with Crippen molar-refractivity contribution >= 4 is 26.7 Å². The molecule has 5 heteroatoms. The van der Waals surface area contributed by atoms with Crippen molar-refractivity contribution in [2.24, 2.45) is 0 Å². The van der Waals surface area contributed by atoms with E-state index in [9.17, 15) is 8.42 Å². The van der Waals surface area contributed by atoms with Crippen LogP contribution in [0.2, 0.25) is 0 Å². The highest BCUT2D eigenvalue weighted by molar-refractivity contribution is 7.92. The van der Waals surface area contributed by atoms with Crippen LogP contribution in [0, 0.1) is 13.8 Å². The fraction of sp³-hybridized carbons (Fsp3) is 0.200. The molecule has 1 heterocycles. The van der Waals surface area contributed by atoms with Crippen LogP contribution < -0.4 is 4.72 Å². The Morgan fingerprint density at radius 1 is 0.800 bits per heavy atom. The molecule has 3 aromatic carbocycles. The zero-order valence-electron chi connectivity index (χ0n) is 17.7. The molecule has 0 bridgehead atoms. The van der Waals surface area contributed by atoms with Crippen molar-refractivity contribution in [3.05, 3.63) is 83.9 Å². The van der Waals surface area contributed by atoms with E-state index in [1.807, 2.05) is 62.4 Å². The van der Waals surface area contributed by atoms with Crippen LogP contribution in [0.15, 0.2) is 77.7 Å². The topological polar surface area (TPSA) is 51.1 Å². The number of nitrogens with one attached hydrogen (secondary N) is 1. The molecule has 0 saturated heterocycles. The fourth-order valence-electron chi connectivity index (χ4n) is 3.82. The highest BCUT2D eigenvalue weighted by Crippen LogP contribution is 2.41. The van der Waals surface area contributed by atoms with E-state index in [4.69, 9.17) is 0 Å². The molecule has 0 aliphatic rings. The van der Waals surface area contributed by atoms with Gasteiger partial charge in [0.1, 0.15) is 5.82 Å². The van der Waals surface area contributed by atoms with Gasteiger partial charge in [0.2, 0.25) is 0 Å². The Bertz CT molecular complexity index is 1300. The van der Waals surface area contributed by atoms with Crippen LogP contribution in [0.5, 0.6) is 0 Å². The average molecular weight is 419 g/mol. The van der Waals surface area contributed by atoms with Gasteiger partial charge in [0, 0.05) is 17.0 Å². The number of aromatic nitrogens is 1. The summed E-state index contributed by atoms with van der Waals surface area (Å²) in [5.74, 6) is 0.593. The van der Waals surface area contributed by atoms with Crippen LogP contribution in [-0.4, -0.2) is 13.0 Å². The minimum absolute atomic E-state index is 0.0739. The predicted molar refractivity (Wildman–Crippen MR) is 124 cm³/mol. The molecule has 0 spiro atoms. The number of sulfonamides is 1. The van der Waals surface area contributed by atoms with Crippen LogP contribution in [0.4, 0.5) is 5.82 Å². The maximum atomic E-state index is 13.3. The third-order valence-corrected chi connectivity index (χ3v) is 6.68. The number of benzene rings is 3. The number of aryl methyl sites for hydroxylation is 2. The molecular formula is C25H26N2O2S. The van der Waals surface area contributed by atoms with Crippen molar-refractivity contribution in [1.29, 1.82) is 0 Å². The van der Waals surface area contributed by atoms with Gasteiger partial charge < -0.3 is 4.57 Å². The maximum absolute atomic E-state index is 13.3. The van der Waals surface area contributed by atoms with Crippen molar-refractivity contribution in [3.63, 3.8) is 0 Å². The van der Waals surface area contributed by atoms with Gasteiger partial charge in [-0.1, -0.05) is 65.7 Å². The Balaban J connectivity index is 1.98. The minimum Gasteiger partial charge on any atom is -0.324 e. The lowest BCUT2D eigenvalue weighted by Gasteiger charge is -2.18. The Morgan fingerprint density at radius 3 is 1.97 bits per heavy atom. The van der Waals surface area contributed by atoms with E-state index in [1.54, 1.807) is 12.1 Å². The molecule has 4 aromatic rings. The zero-order chi connectivity index (χ0) is 21.5. The smallest absolute Gasteiger partial charge is 0.263 e. The third kappa shape index (κ3) is 3.61. The Hall–Kier alpha value is -3.05. The zero-order valence-corrected chi connectivity index (χ0v) is 18.5. The minimum atomic E-state index is -3.74. The lowest BCUT2D eigenvalue weighted by molar-refractivity contribution is 0.598. The summed E-state index contributed by atoms with van der Waals surface area (Å²) >= 11 is 0. The van der Waals surface area contributed by atoms with E-state index in [2.05, 4.69) is 35.3 Å².